The lowest BCUT2D eigenvalue weighted by atomic mass is 10.1. The first-order valence-electron chi connectivity index (χ1n) is 6.49. The van der Waals surface area contributed by atoms with Crippen LogP contribution in [0.4, 0.5) is 0 Å². The predicted molar refractivity (Wildman–Crippen MR) is 71.2 cm³/mol. The van der Waals surface area contributed by atoms with E-state index in [0.29, 0.717) is 18.2 Å². The van der Waals surface area contributed by atoms with Crippen LogP contribution < -0.4 is 0 Å². The minimum atomic E-state index is -0.274. The molecule has 4 heteroatoms. The molecule has 0 N–H and O–H groups in total. The van der Waals surface area contributed by atoms with Crippen molar-refractivity contribution in [1.29, 1.82) is 5.26 Å². The van der Waals surface area contributed by atoms with Crippen molar-refractivity contribution in [3.63, 3.8) is 0 Å². The van der Waals surface area contributed by atoms with Crippen molar-refractivity contribution in [1.82, 2.24) is 4.90 Å². The smallest absolute Gasteiger partial charge is 0.322 e. The van der Waals surface area contributed by atoms with Gasteiger partial charge in [0.1, 0.15) is 6.04 Å². The fourth-order valence-electron chi connectivity index (χ4n) is 2.26. The van der Waals surface area contributed by atoms with Crippen LogP contribution in [0.5, 0.6) is 0 Å². The molecule has 0 unspecified atom stereocenters. The Kier molecular flexibility index (Phi) is 4.18. The fourth-order valence-corrected chi connectivity index (χ4v) is 2.26. The molecule has 0 aliphatic heterocycles. The lowest BCUT2D eigenvalue weighted by Crippen LogP contribution is -2.40. The summed E-state index contributed by atoms with van der Waals surface area (Å²) in [6.07, 6.45) is 2.21. The summed E-state index contributed by atoms with van der Waals surface area (Å²) in [5.74, 6) is -0.221. The molecule has 4 nitrogen and oxygen atoms in total. The van der Waals surface area contributed by atoms with Crippen LogP contribution >= 0.6 is 0 Å². The van der Waals surface area contributed by atoms with E-state index in [1.54, 1.807) is 0 Å². The van der Waals surface area contributed by atoms with Gasteiger partial charge in [-0.1, -0.05) is 18.2 Å². The SMILES string of the molecule is COC(=O)[C@@H](C)N(Cc1ccccc1C#N)C1CC1. The second kappa shape index (κ2) is 5.85. The lowest BCUT2D eigenvalue weighted by Gasteiger charge is -2.27. The second-order valence-electron chi connectivity index (χ2n) is 4.87. The normalized spacial score (nSPS) is 15.9. The Balaban J connectivity index is 2.17. The van der Waals surface area contributed by atoms with Gasteiger partial charge in [0.25, 0.3) is 0 Å². The van der Waals surface area contributed by atoms with Gasteiger partial charge in [-0.3, -0.25) is 9.69 Å². The summed E-state index contributed by atoms with van der Waals surface area (Å²) in [6.45, 7) is 2.48. The van der Waals surface area contributed by atoms with Crippen LogP contribution in [0.25, 0.3) is 0 Å². The molecule has 1 aromatic carbocycles. The maximum Gasteiger partial charge on any atom is 0.322 e. The van der Waals surface area contributed by atoms with E-state index in [9.17, 15) is 4.79 Å². The number of esters is 1. The van der Waals surface area contributed by atoms with Crippen molar-refractivity contribution in [2.24, 2.45) is 0 Å². The van der Waals surface area contributed by atoms with Crippen molar-refractivity contribution in [2.75, 3.05) is 7.11 Å². The largest absolute Gasteiger partial charge is 0.468 e. The van der Waals surface area contributed by atoms with Gasteiger partial charge in [-0.2, -0.15) is 5.26 Å². The number of hydrogen-bond donors (Lipinski definition) is 0. The van der Waals surface area contributed by atoms with Crippen LogP contribution in [-0.2, 0) is 16.1 Å². The van der Waals surface area contributed by atoms with E-state index < -0.39 is 0 Å². The van der Waals surface area contributed by atoms with E-state index in [4.69, 9.17) is 10.00 Å². The molecule has 0 saturated heterocycles. The minimum absolute atomic E-state index is 0.221. The quantitative estimate of drug-likeness (QED) is 0.759. The maximum absolute atomic E-state index is 11.7. The van der Waals surface area contributed by atoms with Crippen molar-refractivity contribution in [3.05, 3.63) is 35.4 Å². The molecule has 19 heavy (non-hydrogen) atoms. The van der Waals surface area contributed by atoms with Gasteiger partial charge in [-0.25, -0.2) is 0 Å². The molecule has 2 rings (SSSR count). The van der Waals surface area contributed by atoms with Crippen molar-refractivity contribution in [2.45, 2.75) is 38.4 Å². The summed E-state index contributed by atoms with van der Waals surface area (Å²) < 4.78 is 4.82. The van der Waals surface area contributed by atoms with E-state index >= 15 is 0 Å². The van der Waals surface area contributed by atoms with Crippen LogP contribution in [-0.4, -0.2) is 30.1 Å². The Hall–Kier alpha value is -1.86. The van der Waals surface area contributed by atoms with Crippen LogP contribution in [0.15, 0.2) is 24.3 Å². The van der Waals surface area contributed by atoms with Crippen LogP contribution in [0.1, 0.15) is 30.9 Å². The first-order chi connectivity index (χ1) is 9.17. The number of methoxy groups -OCH3 is 1. The van der Waals surface area contributed by atoms with Crippen LogP contribution in [0.2, 0.25) is 0 Å². The zero-order valence-corrected chi connectivity index (χ0v) is 11.3. The molecule has 1 aliphatic carbocycles. The monoisotopic (exact) mass is 258 g/mol. The van der Waals surface area contributed by atoms with Gasteiger partial charge >= 0.3 is 5.97 Å². The van der Waals surface area contributed by atoms with Gasteiger partial charge in [-0.15, -0.1) is 0 Å². The standard InChI is InChI=1S/C15H18N2O2/c1-11(15(18)19-2)17(14-7-8-14)10-13-6-4-3-5-12(13)9-16/h3-6,11,14H,7-8,10H2,1-2H3/t11-/m1/s1. The Morgan fingerprint density at radius 3 is 2.79 bits per heavy atom. The first-order valence-corrected chi connectivity index (χ1v) is 6.49. The molecule has 0 amide bonds. The van der Waals surface area contributed by atoms with Crippen molar-refractivity contribution >= 4 is 5.97 Å². The molecule has 1 aliphatic rings. The number of carbonyl (C=O) groups excluding carboxylic acids is 1. The summed E-state index contributed by atoms with van der Waals surface area (Å²) in [5, 5.41) is 9.12. The molecule has 1 fully saturated rings. The number of carbonyl (C=O) groups is 1. The highest BCUT2D eigenvalue weighted by Gasteiger charge is 2.35. The molecule has 1 atom stereocenters. The summed E-state index contributed by atoms with van der Waals surface area (Å²) in [5.41, 5.74) is 1.64. The predicted octanol–water partition coefficient (Wildman–Crippen LogP) is 2.08. The van der Waals surface area contributed by atoms with Crippen molar-refractivity contribution in [3.8, 4) is 6.07 Å². The van der Waals surface area contributed by atoms with Gasteiger partial charge < -0.3 is 4.74 Å². The number of nitriles is 1. The average molecular weight is 258 g/mol. The summed E-state index contributed by atoms with van der Waals surface area (Å²) >= 11 is 0. The van der Waals surface area contributed by atoms with Gasteiger partial charge in [0.05, 0.1) is 18.7 Å². The molecule has 0 spiro atoms. The summed E-state index contributed by atoms with van der Waals surface area (Å²) in [7, 11) is 1.41. The third-order valence-corrected chi connectivity index (χ3v) is 3.55. The molecular formula is C15H18N2O2. The fraction of sp³-hybridized carbons (Fsp3) is 0.467. The summed E-state index contributed by atoms with van der Waals surface area (Å²) in [6, 6.07) is 9.88. The van der Waals surface area contributed by atoms with Crippen LogP contribution in [0, 0.1) is 11.3 Å². The van der Waals surface area contributed by atoms with Gasteiger partial charge in [-0.05, 0) is 31.4 Å². The molecular weight excluding hydrogens is 240 g/mol. The number of nitrogens with zero attached hydrogens (tertiary/aromatic N) is 2. The first kappa shape index (κ1) is 13.6. The third kappa shape index (κ3) is 3.12. The Labute approximate surface area is 113 Å². The molecule has 100 valence electrons. The van der Waals surface area contributed by atoms with E-state index in [2.05, 4.69) is 11.0 Å². The maximum atomic E-state index is 11.7. The number of rotatable bonds is 5. The van der Waals surface area contributed by atoms with E-state index in [1.165, 1.54) is 7.11 Å². The van der Waals surface area contributed by atoms with Crippen LogP contribution in [0.3, 0.4) is 0 Å². The lowest BCUT2D eigenvalue weighted by molar-refractivity contribution is -0.146. The third-order valence-electron chi connectivity index (χ3n) is 3.55. The Bertz CT molecular complexity index is 503. The summed E-state index contributed by atoms with van der Waals surface area (Å²) in [4.78, 5) is 13.8. The zero-order chi connectivity index (χ0) is 13.8. The Morgan fingerprint density at radius 1 is 1.53 bits per heavy atom. The van der Waals surface area contributed by atoms with E-state index in [-0.39, 0.29) is 12.0 Å². The number of benzene rings is 1. The van der Waals surface area contributed by atoms with E-state index in [1.807, 2.05) is 31.2 Å². The molecule has 0 bridgehead atoms. The highest BCUT2D eigenvalue weighted by atomic mass is 16.5. The van der Waals surface area contributed by atoms with Gasteiger partial charge in [0, 0.05) is 12.6 Å². The molecule has 1 aromatic rings. The van der Waals surface area contributed by atoms with Gasteiger partial charge in [0.2, 0.25) is 0 Å². The Morgan fingerprint density at radius 2 is 2.21 bits per heavy atom. The zero-order valence-electron chi connectivity index (χ0n) is 11.3. The number of ether oxygens (including phenoxy) is 1. The molecule has 0 heterocycles. The second-order valence-corrected chi connectivity index (χ2v) is 4.87. The van der Waals surface area contributed by atoms with Gasteiger partial charge in [0.15, 0.2) is 0 Å². The van der Waals surface area contributed by atoms with E-state index in [0.717, 1.165) is 18.4 Å². The topological polar surface area (TPSA) is 53.3 Å². The van der Waals surface area contributed by atoms with Crippen molar-refractivity contribution < 1.29 is 9.53 Å². The molecule has 0 aromatic heterocycles. The average Bonchev–Trinajstić information content (AvgIpc) is 3.28. The number of hydrogen-bond acceptors (Lipinski definition) is 4. The molecule has 0 radical (unpaired) electrons. The highest BCUT2D eigenvalue weighted by Crippen LogP contribution is 2.30. The minimum Gasteiger partial charge on any atom is -0.468 e. The molecule has 1 saturated carbocycles. The highest BCUT2D eigenvalue weighted by molar-refractivity contribution is 5.75.